The van der Waals surface area contributed by atoms with E-state index in [0.717, 1.165) is 11.3 Å². The van der Waals surface area contributed by atoms with E-state index < -0.39 is 11.4 Å². The lowest BCUT2D eigenvalue weighted by Gasteiger charge is -2.34. The van der Waals surface area contributed by atoms with E-state index in [0.29, 0.717) is 27.1 Å². The molecule has 0 fully saturated rings. The van der Waals surface area contributed by atoms with Crippen LogP contribution >= 0.6 is 34.5 Å². The van der Waals surface area contributed by atoms with E-state index in [1.165, 1.54) is 37.4 Å². The highest BCUT2D eigenvalue weighted by molar-refractivity contribution is 7.17. The summed E-state index contributed by atoms with van der Waals surface area (Å²) in [6, 6.07) is 9.56. The lowest BCUT2D eigenvalue weighted by molar-refractivity contribution is 0.0531. The molecule has 2 aromatic carbocycles. The molecule has 0 aliphatic heterocycles. The molecule has 0 aliphatic rings. The van der Waals surface area contributed by atoms with Gasteiger partial charge >= 0.3 is 0 Å². The summed E-state index contributed by atoms with van der Waals surface area (Å²) in [7, 11) is 3.01. The molecule has 36 heavy (non-hydrogen) atoms. The van der Waals surface area contributed by atoms with Crippen LogP contribution in [-0.4, -0.2) is 59.7 Å². The number of methoxy groups -OCH3 is 2. The molecular weight excluding hydrogens is 525 g/mol. The quantitative estimate of drug-likeness (QED) is 0.387. The lowest BCUT2D eigenvalue weighted by Crippen LogP contribution is -2.46. The van der Waals surface area contributed by atoms with Crippen molar-refractivity contribution in [3.8, 4) is 11.5 Å². The maximum absolute atomic E-state index is 13.8. The van der Waals surface area contributed by atoms with Gasteiger partial charge in [-0.25, -0.2) is 4.98 Å². The second-order valence-corrected chi connectivity index (χ2v) is 10.5. The average molecular weight is 552 g/mol. The number of aliphatic hydroxyl groups excluding tert-OH is 1. The molecule has 11 heteroatoms. The van der Waals surface area contributed by atoms with Crippen molar-refractivity contribution < 1.29 is 24.2 Å². The van der Waals surface area contributed by atoms with E-state index in [4.69, 9.17) is 32.7 Å². The summed E-state index contributed by atoms with van der Waals surface area (Å²) in [5, 5.41) is 10.3. The lowest BCUT2D eigenvalue weighted by atomic mass is 10.1. The molecule has 0 aliphatic carbocycles. The minimum atomic E-state index is -0.528. The molecule has 0 unspecified atom stereocenters. The van der Waals surface area contributed by atoms with Crippen LogP contribution in [0.1, 0.15) is 40.8 Å². The number of amides is 2. The molecule has 1 aromatic heterocycles. The Balaban J connectivity index is 2.12. The summed E-state index contributed by atoms with van der Waals surface area (Å²) in [6.45, 7) is 5.62. The Morgan fingerprint density at radius 1 is 1.03 bits per heavy atom. The third-order valence-electron chi connectivity index (χ3n) is 5.26. The Bertz CT molecular complexity index is 1260. The molecule has 3 rings (SSSR count). The number of β-amino-alcohol motifs (C(OH)–C–C–N with tert-alkyl or cyclic N) is 1. The van der Waals surface area contributed by atoms with Gasteiger partial charge in [0.2, 0.25) is 0 Å². The fraction of sp³-hybridized carbons (Fsp3) is 0.320. The van der Waals surface area contributed by atoms with E-state index >= 15 is 0 Å². The average Bonchev–Trinajstić information content (AvgIpc) is 3.31. The molecular formula is C25H27Cl2N3O5S. The van der Waals surface area contributed by atoms with Crippen molar-refractivity contribution in [3.05, 3.63) is 63.1 Å². The second-order valence-electron chi connectivity index (χ2n) is 8.66. The molecule has 0 bridgehead atoms. The molecule has 192 valence electrons. The zero-order valence-corrected chi connectivity index (χ0v) is 22.9. The van der Waals surface area contributed by atoms with Crippen LogP contribution in [0.2, 0.25) is 10.0 Å². The number of carbonyl (C=O) groups excluding carboxylic acids is 2. The highest BCUT2D eigenvalue weighted by Crippen LogP contribution is 2.38. The molecule has 0 spiro atoms. The SMILES string of the molecule is COc1ccc(N(C(=O)c2ccc(Cl)cc2Cl)c2ncc(C(=O)N(CCO)C(C)(C)C)s2)cc1OC. The van der Waals surface area contributed by atoms with Gasteiger partial charge in [0.15, 0.2) is 16.6 Å². The Hall–Kier alpha value is -2.85. The van der Waals surface area contributed by atoms with Crippen molar-refractivity contribution in [1.82, 2.24) is 9.88 Å². The predicted octanol–water partition coefficient (Wildman–Crippen LogP) is 5.68. The first-order chi connectivity index (χ1) is 17.0. The van der Waals surface area contributed by atoms with Gasteiger partial charge in [0.25, 0.3) is 11.8 Å². The van der Waals surface area contributed by atoms with Crippen molar-refractivity contribution in [2.75, 3.05) is 32.3 Å². The number of nitrogens with zero attached hydrogens (tertiary/aromatic N) is 3. The fourth-order valence-corrected chi connectivity index (χ4v) is 4.88. The number of halogens is 2. The van der Waals surface area contributed by atoms with Gasteiger partial charge in [0.1, 0.15) is 4.88 Å². The summed E-state index contributed by atoms with van der Waals surface area (Å²) in [6.07, 6.45) is 1.42. The van der Waals surface area contributed by atoms with E-state index in [2.05, 4.69) is 4.98 Å². The number of anilines is 2. The van der Waals surface area contributed by atoms with Crippen LogP contribution in [-0.2, 0) is 0 Å². The third kappa shape index (κ3) is 5.92. The van der Waals surface area contributed by atoms with Gasteiger partial charge in [-0.1, -0.05) is 34.5 Å². The van der Waals surface area contributed by atoms with Crippen molar-refractivity contribution in [3.63, 3.8) is 0 Å². The molecule has 3 aromatic rings. The summed E-state index contributed by atoms with van der Waals surface area (Å²) in [4.78, 5) is 34.7. The van der Waals surface area contributed by atoms with E-state index in [1.807, 2.05) is 20.8 Å². The zero-order valence-electron chi connectivity index (χ0n) is 20.5. The first-order valence-corrected chi connectivity index (χ1v) is 12.5. The summed E-state index contributed by atoms with van der Waals surface area (Å²) in [5.74, 6) is 0.118. The number of rotatable bonds is 8. The monoisotopic (exact) mass is 551 g/mol. The van der Waals surface area contributed by atoms with Crippen LogP contribution in [0.5, 0.6) is 11.5 Å². The summed E-state index contributed by atoms with van der Waals surface area (Å²) in [5.41, 5.74) is 0.107. The molecule has 2 amide bonds. The second kappa shape index (κ2) is 11.5. The highest BCUT2D eigenvalue weighted by Gasteiger charge is 2.31. The normalized spacial score (nSPS) is 11.2. The molecule has 0 radical (unpaired) electrons. The van der Waals surface area contributed by atoms with Crippen molar-refractivity contribution in [2.45, 2.75) is 26.3 Å². The summed E-state index contributed by atoms with van der Waals surface area (Å²) >= 11 is 13.4. The topological polar surface area (TPSA) is 92.2 Å². The number of aromatic nitrogens is 1. The molecule has 1 heterocycles. The maximum Gasteiger partial charge on any atom is 0.266 e. The Morgan fingerprint density at radius 3 is 2.31 bits per heavy atom. The molecule has 0 atom stereocenters. The van der Waals surface area contributed by atoms with Crippen molar-refractivity contribution in [2.24, 2.45) is 0 Å². The number of benzene rings is 2. The van der Waals surface area contributed by atoms with Gasteiger partial charge in [0, 0.05) is 23.2 Å². The Labute approximate surface area is 224 Å². The molecule has 8 nitrogen and oxygen atoms in total. The number of thiazole rings is 1. The van der Waals surface area contributed by atoms with Gasteiger partial charge in [0.05, 0.1) is 43.3 Å². The summed E-state index contributed by atoms with van der Waals surface area (Å²) < 4.78 is 10.7. The fourth-order valence-electron chi connectivity index (χ4n) is 3.50. The third-order valence-corrected chi connectivity index (χ3v) is 6.78. The van der Waals surface area contributed by atoms with Crippen LogP contribution in [0.15, 0.2) is 42.6 Å². The Kier molecular flexibility index (Phi) is 8.84. The minimum Gasteiger partial charge on any atom is -0.493 e. The smallest absolute Gasteiger partial charge is 0.266 e. The first kappa shape index (κ1) is 27.7. The standard InChI is InChI=1S/C25H27Cl2N3O5S/c1-25(2,3)29(10-11-31)23(33)21-14-28-24(36-21)30(16-7-9-19(34-4)20(13-16)35-5)22(32)17-8-6-15(26)12-18(17)27/h6-9,12-14,31H,10-11H2,1-5H3. The van der Waals surface area contributed by atoms with Crippen LogP contribution in [0.3, 0.4) is 0 Å². The number of carbonyl (C=O) groups is 2. The molecule has 0 saturated carbocycles. The largest absolute Gasteiger partial charge is 0.493 e. The van der Waals surface area contributed by atoms with Gasteiger partial charge in [-0.15, -0.1) is 0 Å². The van der Waals surface area contributed by atoms with Crippen LogP contribution in [0.4, 0.5) is 10.8 Å². The minimum absolute atomic E-state index is 0.161. The van der Waals surface area contributed by atoms with Crippen LogP contribution in [0, 0.1) is 0 Å². The molecule has 0 saturated heterocycles. The van der Waals surface area contributed by atoms with Crippen molar-refractivity contribution in [1.29, 1.82) is 0 Å². The van der Waals surface area contributed by atoms with Gasteiger partial charge in [-0.05, 0) is 51.1 Å². The number of hydrogen-bond donors (Lipinski definition) is 1. The van der Waals surface area contributed by atoms with Crippen LogP contribution in [0.25, 0.3) is 0 Å². The van der Waals surface area contributed by atoms with E-state index in [9.17, 15) is 14.7 Å². The number of hydrogen-bond acceptors (Lipinski definition) is 7. The molecule has 1 N–H and O–H groups in total. The van der Waals surface area contributed by atoms with E-state index in [1.54, 1.807) is 29.2 Å². The number of ether oxygens (including phenoxy) is 2. The van der Waals surface area contributed by atoms with Gasteiger partial charge in [-0.3, -0.25) is 14.5 Å². The Morgan fingerprint density at radius 2 is 1.72 bits per heavy atom. The first-order valence-electron chi connectivity index (χ1n) is 10.9. The van der Waals surface area contributed by atoms with Gasteiger partial charge in [-0.2, -0.15) is 0 Å². The van der Waals surface area contributed by atoms with Gasteiger partial charge < -0.3 is 19.5 Å². The maximum atomic E-state index is 13.8. The van der Waals surface area contributed by atoms with Crippen LogP contribution < -0.4 is 14.4 Å². The highest BCUT2D eigenvalue weighted by atomic mass is 35.5. The van der Waals surface area contributed by atoms with Crippen molar-refractivity contribution >= 4 is 57.2 Å². The predicted molar refractivity (Wildman–Crippen MR) is 142 cm³/mol. The van der Waals surface area contributed by atoms with E-state index in [-0.39, 0.29) is 34.8 Å². The number of aliphatic hydroxyl groups is 1. The zero-order chi connectivity index (χ0) is 26.6.